The van der Waals surface area contributed by atoms with Crippen LogP contribution in [0.4, 0.5) is 5.82 Å². The van der Waals surface area contributed by atoms with E-state index in [0.717, 1.165) is 12.8 Å². The van der Waals surface area contributed by atoms with Gasteiger partial charge in [-0.05, 0) is 18.6 Å². The summed E-state index contributed by atoms with van der Waals surface area (Å²) in [6.07, 6.45) is 2.01. The number of fused-ring (bicyclic) bond motifs is 1. The summed E-state index contributed by atoms with van der Waals surface area (Å²) in [6, 6.07) is 3.69. The Morgan fingerprint density at radius 1 is 1.59 bits per heavy atom. The summed E-state index contributed by atoms with van der Waals surface area (Å²) in [4.78, 5) is 11.3. The largest absolute Gasteiger partial charge is 0.365 e. The smallest absolute Gasteiger partial charge is 0.364 e. The number of nitrogens with one attached hydrogen (secondary N) is 2. The molecule has 1 atom stereocenters. The van der Waals surface area contributed by atoms with E-state index in [2.05, 4.69) is 27.5 Å². The highest BCUT2D eigenvalue weighted by molar-refractivity contribution is 5.43. The van der Waals surface area contributed by atoms with Crippen molar-refractivity contribution in [2.75, 3.05) is 11.9 Å². The molecule has 0 spiro atoms. The maximum atomic E-state index is 11.3. The van der Waals surface area contributed by atoms with Gasteiger partial charge in [0.25, 0.3) is 0 Å². The molecule has 4 N–H and O–H groups in total. The number of hydrogen-bond acceptors (Lipinski definition) is 5. The van der Waals surface area contributed by atoms with Gasteiger partial charge in [0.15, 0.2) is 5.65 Å². The number of anilines is 1. The van der Waals surface area contributed by atoms with Crippen molar-refractivity contribution in [1.82, 2.24) is 19.8 Å². The van der Waals surface area contributed by atoms with Gasteiger partial charge in [0, 0.05) is 12.6 Å². The number of nitrogens with two attached hydrogens (primary N) is 1. The Kier molecular flexibility index (Phi) is 3.38. The Labute approximate surface area is 98.0 Å². The highest BCUT2D eigenvalue weighted by atomic mass is 16.2. The van der Waals surface area contributed by atoms with Crippen LogP contribution in [0.3, 0.4) is 0 Å². The van der Waals surface area contributed by atoms with Crippen molar-refractivity contribution in [1.29, 1.82) is 0 Å². The Morgan fingerprint density at radius 3 is 3.12 bits per heavy atom. The molecule has 0 aliphatic heterocycles. The SMILES string of the molecule is CCCC(CN)Nc1ccc2n[nH]c(=O)n2n1. The molecule has 2 aromatic rings. The van der Waals surface area contributed by atoms with Crippen LogP contribution in [-0.4, -0.2) is 32.4 Å². The minimum atomic E-state index is -0.344. The number of H-pyrrole nitrogens is 1. The maximum Gasteiger partial charge on any atom is 0.364 e. The van der Waals surface area contributed by atoms with Crippen LogP contribution in [0.2, 0.25) is 0 Å². The molecule has 0 bridgehead atoms. The molecule has 2 aromatic heterocycles. The third kappa shape index (κ3) is 2.44. The molecule has 7 nitrogen and oxygen atoms in total. The lowest BCUT2D eigenvalue weighted by molar-refractivity contribution is 0.643. The van der Waals surface area contributed by atoms with Crippen LogP contribution in [0.25, 0.3) is 5.65 Å². The van der Waals surface area contributed by atoms with E-state index in [-0.39, 0.29) is 11.7 Å². The molecular formula is C10H16N6O. The van der Waals surface area contributed by atoms with Crippen LogP contribution in [0.15, 0.2) is 16.9 Å². The van der Waals surface area contributed by atoms with Gasteiger partial charge < -0.3 is 11.1 Å². The molecule has 0 amide bonds. The third-order valence-electron chi connectivity index (χ3n) is 2.55. The van der Waals surface area contributed by atoms with E-state index < -0.39 is 0 Å². The van der Waals surface area contributed by atoms with Gasteiger partial charge in [0.1, 0.15) is 5.82 Å². The second kappa shape index (κ2) is 4.96. The number of nitrogens with zero attached hydrogens (tertiary/aromatic N) is 3. The van der Waals surface area contributed by atoms with E-state index in [1.165, 1.54) is 4.52 Å². The fourth-order valence-electron chi connectivity index (χ4n) is 1.69. The van der Waals surface area contributed by atoms with E-state index in [4.69, 9.17) is 5.73 Å². The second-order valence-corrected chi connectivity index (χ2v) is 3.88. The summed E-state index contributed by atoms with van der Waals surface area (Å²) in [5.41, 5.74) is 5.81. The highest BCUT2D eigenvalue weighted by Crippen LogP contribution is 2.07. The molecule has 0 radical (unpaired) electrons. The molecule has 0 aliphatic carbocycles. The molecule has 2 rings (SSSR count). The lowest BCUT2D eigenvalue weighted by atomic mass is 10.2. The molecular weight excluding hydrogens is 220 g/mol. The van der Waals surface area contributed by atoms with Crippen molar-refractivity contribution >= 4 is 11.5 Å². The van der Waals surface area contributed by atoms with Gasteiger partial charge in [-0.2, -0.15) is 9.61 Å². The van der Waals surface area contributed by atoms with Gasteiger partial charge in [-0.3, -0.25) is 0 Å². The molecule has 92 valence electrons. The Morgan fingerprint density at radius 2 is 2.41 bits per heavy atom. The molecule has 2 heterocycles. The second-order valence-electron chi connectivity index (χ2n) is 3.88. The van der Waals surface area contributed by atoms with Crippen molar-refractivity contribution in [2.24, 2.45) is 5.73 Å². The number of aromatic amines is 1. The molecule has 0 saturated heterocycles. The molecule has 0 fully saturated rings. The Hall–Kier alpha value is -1.89. The van der Waals surface area contributed by atoms with Crippen molar-refractivity contribution in [3.63, 3.8) is 0 Å². The fraction of sp³-hybridized carbons (Fsp3) is 0.500. The fourth-order valence-corrected chi connectivity index (χ4v) is 1.69. The van der Waals surface area contributed by atoms with Crippen molar-refractivity contribution < 1.29 is 0 Å². The average Bonchev–Trinajstić information content (AvgIpc) is 2.70. The zero-order valence-electron chi connectivity index (χ0n) is 9.68. The van der Waals surface area contributed by atoms with Crippen LogP contribution < -0.4 is 16.7 Å². The predicted molar refractivity (Wildman–Crippen MR) is 65.0 cm³/mol. The highest BCUT2D eigenvalue weighted by Gasteiger charge is 2.07. The molecule has 0 saturated carbocycles. The molecule has 0 aliphatic rings. The van der Waals surface area contributed by atoms with Gasteiger partial charge in [-0.25, -0.2) is 9.89 Å². The van der Waals surface area contributed by atoms with E-state index in [1.54, 1.807) is 12.1 Å². The van der Waals surface area contributed by atoms with E-state index in [9.17, 15) is 4.79 Å². The minimum absolute atomic E-state index is 0.174. The minimum Gasteiger partial charge on any atom is -0.365 e. The summed E-state index contributed by atoms with van der Waals surface area (Å²) in [7, 11) is 0. The lowest BCUT2D eigenvalue weighted by Gasteiger charge is -2.15. The summed E-state index contributed by atoms with van der Waals surface area (Å²) in [5.74, 6) is 0.630. The predicted octanol–water partition coefficient (Wildman–Crippen LogP) is -0.0431. The first-order valence-corrected chi connectivity index (χ1v) is 5.65. The van der Waals surface area contributed by atoms with E-state index in [0.29, 0.717) is 18.0 Å². The van der Waals surface area contributed by atoms with Crippen LogP contribution in [-0.2, 0) is 0 Å². The zero-order chi connectivity index (χ0) is 12.3. The van der Waals surface area contributed by atoms with Gasteiger partial charge in [-0.15, -0.1) is 5.10 Å². The average molecular weight is 236 g/mol. The monoisotopic (exact) mass is 236 g/mol. The number of hydrogen-bond donors (Lipinski definition) is 3. The van der Waals surface area contributed by atoms with Gasteiger partial charge >= 0.3 is 5.69 Å². The van der Waals surface area contributed by atoms with E-state index >= 15 is 0 Å². The van der Waals surface area contributed by atoms with Gasteiger partial charge in [0.05, 0.1) is 0 Å². The van der Waals surface area contributed by atoms with Crippen LogP contribution >= 0.6 is 0 Å². The Bertz CT molecular complexity index is 545. The van der Waals surface area contributed by atoms with Gasteiger partial charge in [-0.1, -0.05) is 13.3 Å². The van der Waals surface area contributed by atoms with Gasteiger partial charge in [0.2, 0.25) is 0 Å². The van der Waals surface area contributed by atoms with Crippen molar-refractivity contribution in [2.45, 2.75) is 25.8 Å². The molecule has 7 heteroatoms. The molecule has 1 unspecified atom stereocenters. The summed E-state index contributed by atoms with van der Waals surface area (Å²) in [6.45, 7) is 2.63. The van der Waals surface area contributed by atoms with Crippen LogP contribution in [0.1, 0.15) is 19.8 Å². The van der Waals surface area contributed by atoms with Crippen molar-refractivity contribution in [3.05, 3.63) is 22.6 Å². The third-order valence-corrected chi connectivity index (χ3v) is 2.55. The summed E-state index contributed by atoms with van der Waals surface area (Å²) >= 11 is 0. The summed E-state index contributed by atoms with van der Waals surface area (Å²) < 4.78 is 1.22. The first kappa shape index (κ1) is 11.6. The van der Waals surface area contributed by atoms with Crippen LogP contribution in [0.5, 0.6) is 0 Å². The maximum absolute atomic E-state index is 11.3. The summed E-state index contributed by atoms with van der Waals surface area (Å²) in [5, 5.41) is 13.5. The zero-order valence-corrected chi connectivity index (χ0v) is 9.68. The van der Waals surface area contributed by atoms with E-state index in [1.807, 2.05) is 0 Å². The lowest BCUT2D eigenvalue weighted by Crippen LogP contribution is -2.29. The topological polar surface area (TPSA) is 101 Å². The normalized spacial score (nSPS) is 12.8. The van der Waals surface area contributed by atoms with Crippen LogP contribution in [0, 0.1) is 0 Å². The first-order chi connectivity index (χ1) is 8.24. The number of aromatic nitrogens is 4. The van der Waals surface area contributed by atoms with Crippen molar-refractivity contribution in [3.8, 4) is 0 Å². The quantitative estimate of drug-likeness (QED) is 0.676. The number of rotatable bonds is 5. The molecule has 0 aromatic carbocycles. The standard InChI is InChI=1S/C10H16N6O/c1-2-3-7(6-11)12-8-4-5-9-13-14-10(17)16(9)15-8/h4-5,7H,2-3,6,11H2,1H3,(H,12,15)(H,14,17). The first-order valence-electron chi connectivity index (χ1n) is 5.65. The molecule has 17 heavy (non-hydrogen) atoms. The Balaban J connectivity index is 2.23.